The Hall–Kier alpha value is -0.120. The first-order valence-corrected chi connectivity index (χ1v) is 9.57. The van der Waals surface area contributed by atoms with E-state index in [9.17, 15) is 0 Å². The summed E-state index contributed by atoms with van der Waals surface area (Å²) in [4.78, 5) is 2.51. The topological polar surface area (TPSA) is 21.7 Å². The summed E-state index contributed by atoms with van der Waals surface area (Å²) in [6.07, 6.45) is 6.57. The molecule has 138 valence electrons. The molecule has 3 heteroatoms. The maximum atomic E-state index is 5.92. The molecule has 0 unspecified atom stereocenters. The van der Waals surface area contributed by atoms with Gasteiger partial charge in [0.1, 0.15) is 0 Å². The zero-order valence-corrected chi connectivity index (χ0v) is 16.6. The van der Waals surface area contributed by atoms with E-state index < -0.39 is 0 Å². The second kappa shape index (κ2) is 10.0. The van der Waals surface area contributed by atoms with Crippen LogP contribution >= 0.6 is 0 Å². The third kappa shape index (κ3) is 12.0. The summed E-state index contributed by atoms with van der Waals surface area (Å²) in [7, 11) is 0. The monoisotopic (exact) mass is 327 g/mol. The van der Waals surface area contributed by atoms with Crippen molar-refractivity contribution in [2.75, 3.05) is 39.5 Å². The van der Waals surface area contributed by atoms with E-state index in [0.717, 1.165) is 39.5 Å². The molecular formula is C20H41NO2. The van der Waals surface area contributed by atoms with Crippen LogP contribution in [-0.4, -0.2) is 50.5 Å². The molecule has 1 atom stereocenters. The summed E-state index contributed by atoms with van der Waals surface area (Å²) in [5, 5.41) is 0. The Morgan fingerprint density at radius 3 is 2.26 bits per heavy atom. The highest BCUT2D eigenvalue weighted by molar-refractivity contribution is 4.73. The molecule has 0 radical (unpaired) electrons. The first-order chi connectivity index (χ1) is 10.7. The zero-order valence-electron chi connectivity index (χ0n) is 16.6. The van der Waals surface area contributed by atoms with Crippen LogP contribution in [0.5, 0.6) is 0 Å². The number of morpholine rings is 1. The van der Waals surface area contributed by atoms with Gasteiger partial charge in [0.2, 0.25) is 0 Å². The van der Waals surface area contributed by atoms with Crippen molar-refractivity contribution in [2.24, 2.45) is 10.8 Å². The van der Waals surface area contributed by atoms with Gasteiger partial charge in [-0.25, -0.2) is 0 Å². The summed E-state index contributed by atoms with van der Waals surface area (Å²) in [5.74, 6) is 0. The lowest BCUT2D eigenvalue weighted by Gasteiger charge is -2.33. The van der Waals surface area contributed by atoms with Crippen LogP contribution in [0.4, 0.5) is 0 Å². The molecule has 23 heavy (non-hydrogen) atoms. The van der Waals surface area contributed by atoms with E-state index in [1.54, 1.807) is 0 Å². The van der Waals surface area contributed by atoms with Crippen molar-refractivity contribution < 1.29 is 9.47 Å². The second-order valence-electron chi connectivity index (χ2n) is 9.52. The van der Waals surface area contributed by atoms with Crippen molar-refractivity contribution in [2.45, 2.75) is 79.8 Å². The molecule has 1 rings (SSSR count). The van der Waals surface area contributed by atoms with Crippen molar-refractivity contribution in [3.05, 3.63) is 0 Å². The molecule has 0 aliphatic carbocycles. The maximum Gasteiger partial charge on any atom is 0.0702 e. The second-order valence-corrected chi connectivity index (χ2v) is 9.52. The predicted octanol–water partition coefficient (Wildman–Crippen LogP) is 4.75. The van der Waals surface area contributed by atoms with Crippen LogP contribution in [0.1, 0.15) is 73.6 Å². The Morgan fingerprint density at radius 1 is 0.957 bits per heavy atom. The van der Waals surface area contributed by atoms with Crippen molar-refractivity contribution in [3.8, 4) is 0 Å². The minimum absolute atomic E-state index is 0.423. The van der Waals surface area contributed by atoms with Crippen LogP contribution in [-0.2, 0) is 9.47 Å². The average molecular weight is 328 g/mol. The normalized spacial score (nSPS) is 20.9. The first kappa shape index (κ1) is 20.9. The quantitative estimate of drug-likeness (QED) is 0.571. The fourth-order valence-corrected chi connectivity index (χ4v) is 3.02. The fourth-order valence-electron chi connectivity index (χ4n) is 3.02. The van der Waals surface area contributed by atoms with Gasteiger partial charge >= 0.3 is 0 Å². The smallest absolute Gasteiger partial charge is 0.0702 e. The Kier molecular flexibility index (Phi) is 9.10. The van der Waals surface area contributed by atoms with Crippen molar-refractivity contribution in [1.29, 1.82) is 0 Å². The lowest BCUT2D eigenvalue weighted by atomic mass is 9.89. The lowest BCUT2D eigenvalue weighted by molar-refractivity contribution is -0.0411. The summed E-state index contributed by atoms with van der Waals surface area (Å²) in [6, 6.07) is 0. The van der Waals surface area contributed by atoms with Gasteiger partial charge in [0.25, 0.3) is 0 Å². The molecule has 0 bridgehead atoms. The molecule has 0 aromatic rings. The minimum atomic E-state index is 0.423. The summed E-state index contributed by atoms with van der Waals surface area (Å²) < 4.78 is 11.7. The Morgan fingerprint density at radius 2 is 1.61 bits per heavy atom. The van der Waals surface area contributed by atoms with Crippen LogP contribution in [0.3, 0.4) is 0 Å². The van der Waals surface area contributed by atoms with Crippen LogP contribution in [0.25, 0.3) is 0 Å². The minimum Gasteiger partial charge on any atom is -0.380 e. The van der Waals surface area contributed by atoms with Gasteiger partial charge in [-0.05, 0) is 36.5 Å². The van der Waals surface area contributed by atoms with Gasteiger partial charge in [-0.15, -0.1) is 0 Å². The molecule has 0 saturated carbocycles. The molecule has 0 N–H and O–H groups in total. The third-order valence-corrected chi connectivity index (χ3v) is 4.44. The van der Waals surface area contributed by atoms with Crippen LogP contribution < -0.4 is 0 Å². The highest BCUT2D eigenvalue weighted by Gasteiger charge is 2.21. The van der Waals surface area contributed by atoms with E-state index >= 15 is 0 Å². The summed E-state index contributed by atoms with van der Waals surface area (Å²) in [5.41, 5.74) is 0.864. The Bertz CT molecular complexity index is 304. The van der Waals surface area contributed by atoms with Gasteiger partial charge in [0, 0.05) is 26.2 Å². The van der Waals surface area contributed by atoms with Crippen molar-refractivity contribution in [3.63, 3.8) is 0 Å². The molecule has 1 fully saturated rings. The predicted molar refractivity (Wildman–Crippen MR) is 99.0 cm³/mol. The average Bonchev–Trinajstić information content (AvgIpc) is 2.40. The van der Waals surface area contributed by atoms with Gasteiger partial charge in [-0.1, -0.05) is 48.0 Å². The summed E-state index contributed by atoms with van der Waals surface area (Å²) in [6.45, 7) is 19.7. The standard InChI is InChI=1S/C20H41NO2/c1-19(2,3)10-7-9-18-17-21(13-16-23-18)12-15-22-14-8-11-20(4,5)6/h18H,7-17H2,1-6H3/t18-/m0/s1. The van der Waals surface area contributed by atoms with Gasteiger partial charge < -0.3 is 9.47 Å². The van der Waals surface area contributed by atoms with E-state index in [0.29, 0.717) is 16.9 Å². The number of rotatable bonds is 9. The van der Waals surface area contributed by atoms with Gasteiger partial charge in [0.05, 0.1) is 19.3 Å². The summed E-state index contributed by atoms with van der Waals surface area (Å²) >= 11 is 0. The molecule has 0 aromatic carbocycles. The van der Waals surface area contributed by atoms with Gasteiger partial charge in [0.15, 0.2) is 0 Å². The number of hydrogen-bond donors (Lipinski definition) is 0. The van der Waals surface area contributed by atoms with Crippen LogP contribution in [0.2, 0.25) is 0 Å². The van der Waals surface area contributed by atoms with Crippen molar-refractivity contribution >= 4 is 0 Å². The van der Waals surface area contributed by atoms with E-state index in [2.05, 4.69) is 46.4 Å². The highest BCUT2D eigenvalue weighted by Crippen LogP contribution is 2.23. The SMILES string of the molecule is CC(C)(C)CCCOCCN1CCO[C@@H](CCCC(C)(C)C)C1. The molecule has 1 aliphatic rings. The molecule has 3 nitrogen and oxygen atoms in total. The first-order valence-electron chi connectivity index (χ1n) is 9.57. The number of hydrogen-bond acceptors (Lipinski definition) is 3. The molecule has 1 heterocycles. The fraction of sp³-hybridized carbons (Fsp3) is 1.00. The van der Waals surface area contributed by atoms with E-state index in [1.165, 1.54) is 32.1 Å². The van der Waals surface area contributed by atoms with E-state index in [4.69, 9.17) is 9.47 Å². The van der Waals surface area contributed by atoms with Gasteiger partial charge in [-0.3, -0.25) is 4.90 Å². The highest BCUT2D eigenvalue weighted by atomic mass is 16.5. The van der Waals surface area contributed by atoms with Gasteiger partial charge in [-0.2, -0.15) is 0 Å². The molecule has 1 aliphatic heterocycles. The van der Waals surface area contributed by atoms with E-state index in [1.807, 2.05) is 0 Å². The molecule has 0 aromatic heterocycles. The number of nitrogens with zero attached hydrogens (tertiary/aromatic N) is 1. The number of ether oxygens (including phenoxy) is 2. The zero-order chi connectivity index (χ0) is 17.3. The maximum absolute atomic E-state index is 5.92. The van der Waals surface area contributed by atoms with Crippen molar-refractivity contribution in [1.82, 2.24) is 4.90 Å². The third-order valence-electron chi connectivity index (χ3n) is 4.44. The largest absolute Gasteiger partial charge is 0.380 e. The Balaban J connectivity index is 2.06. The van der Waals surface area contributed by atoms with E-state index in [-0.39, 0.29) is 0 Å². The molecule has 0 spiro atoms. The molecule has 0 amide bonds. The van der Waals surface area contributed by atoms with Crippen LogP contribution in [0, 0.1) is 10.8 Å². The van der Waals surface area contributed by atoms with Crippen LogP contribution in [0.15, 0.2) is 0 Å². The molecule has 1 saturated heterocycles. The Labute approximate surface area is 145 Å². The molecular weight excluding hydrogens is 286 g/mol. The lowest BCUT2D eigenvalue weighted by Crippen LogP contribution is -2.43.